The van der Waals surface area contributed by atoms with Crippen molar-refractivity contribution in [3.8, 4) is 0 Å². The molecule has 5 heteroatoms. The molecule has 0 spiro atoms. The Hall–Kier alpha value is -1.91. The number of nitrogens with zero attached hydrogens (tertiary/aromatic N) is 1. The minimum atomic E-state index is -0.556. The zero-order chi connectivity index (χ0) is 10.8. The van der Waals surface area contributed by atoms with Gasteiger partial charge in [-0.05, 0) is 17.7 Å². The van der Waals surface area contributed by atoms with Gasteiger partial charge < -0.3 is 5.32 Å². The van der Waals surface area contributed by atoms with E-state index in [1.807, 2.05) is 0 Å². The molecule has 0 aliphatic carbocycles. The third kappa shape index (κ3) is 1.81. The van der Waals surface area contributed by atoms with Gasteiger partial charge in [-0.15, -0.1) is 0 Å². The lowest BCUT2D eigenvalue weighted by Gasteiger charge is -2.07. The van der Waals surface area contributed by atoms with Crippen molar-refractivity contribution in [1.29, 1.82) is 0 Å². The van der Waals surface area contributed by atoms with E-state index in [1.54, 1.807) is 19.2 Å². The van der Waals surface area contributed by atoms with E-state index in [1.165, 1.54) is 12.1 Å². The van der Waals surface area contributed by atoms with Crippen LogP contribution in [0.2, 0.25) is 0 Å². The fourth-order valence-electron chi connectivity index (χ4n) is 1.47. The Balaban J connectivity index is 2.29. The molecule has 4 nitrogen and oxygen atoms in total. The SMILES string of the molecule is CN=C1NC(=O)C(c2cccc(F)c2)N1. The van der Waals surface area contributed by atoms with Crippen LogP contribution in [0.25, 0.3) is 0 Å². The molecule has 0 bridgehead atoms. The van der Waals surface area contributed by atoms with Crippen molar-refractivity contribution in [2.24, 2.45) is 4.99 Å². The number of aliphatic imine (C=N–C) groups is 1. The Morgan fingerprint density at radius 1 is 1.47 bits per heavy atom. The molecule has 2 N–H and O–H groups in total. The Morgan fingerprint density at radius 3 is 2.87 bits per heavy atom. The number of carbonyl (C=O) groups is 1. The van der Waals surface area contributed by atoms with Crippen LogP contribution < -0.4 is 10.6 Å². The van der Waals surface area contributed by atoms with Crippen molar-refractivity contribution >= 4 is 11.9 Å². The molecule has 1 saturated heterocycles. The number of guanidine groups is 1. The van der Waals surface area contributed by atoms with Gasteiger partial charge in [0.05, 0.1) is 0 Å². The summed E-state index contributed by atoms with van der Waals surface area (Å²) >= 11 is 0. The third-order valence-electron chi connectivity index (χ3n) is 2.19. The van der Waals surface area contributed by atoms with Crippen LogP contribution in [0, 0.1) is 5.82 Å². The third-order valence-corrected chi connectivity index (χ3v) is 2.19. The van der Waals surface area contributed by atoms with E-state index in [2.05, 4.69) is 15.6 Å². The Kier molecular flexibility index (Phi) is 2.37. The average molecular weight is 207 g/mol. The topological polar surface area (TPSA) is 53.5 Å². The first-order chi connectivity index (χ1) is 7.20. The second-order valence-corrected chi connectivity index (χ2v) is 3.19. The van der Waals surface area contributed by atoms with E-state index in [0.29, 0.717) is 11.5 Å². The molecule has 0 saturated carbocycles. The van der Waals surface area contributed by atoms with E-state index >= 15 is 0 Å². The average Bonchev–Trinajstić information content (AvgIpc) is 2.60. The lowest BCUT2D eigenvalue weighted by Crippen LogP contribution is -2.24. The zero-order valence-corrected chi connectivity index (χ0v) is 8.12. The molecule has 0 aromatic heterocycles. The molecule has 1 aliphatic heterocycles. The number of carbonyl (C=O) groups excluding carboxylic acids is 1. The molecular formula is C10H10FN3O. The zero-order valence-electron chi connectivity index (χ0n) is 8.12. The van der Waals surface area contributed by atoms with E-state index in [4.69, 9.17) is 0 Å². The first-order valence-electron chi connectivity index (χ1n) is 4.50. The van der Waals surface area contributed by atoms with Crippen LogP contribution in [0.1, 0.15) is 11.6 Å². The summed E-state index contributed by atoms with van der Waals surface area (Å²) in [5.74, 6) is -0.167. The molecule has 78 valence electrons. The van der Waals surface area contributed by atoms with Gasteiger partial charge in [0.15, 0.2) is 5.96 Å². The molecule has 1 fully saturated rings. The van der Waals surface area contributed by atoms with Gasteiger partial charge >= 0.3 is 0 Å². The van der Waals surface area contributed by atoms with Crippen LogP contribution in [0.5, 0.6) is 0 Å². The maximum absolute atomic E-state index is 12.9. The molecule has 1 atom stereocenters. The fraction of sp³-hybridized carbons (Fsp3) is 0.200. The Labute approximate surface area is 86.2 Å². The predicted molar refractivity (Wildman–Crippen MR) is 53.8 cm³/mol. The molecule has 1 heterocycles. The minimum Gasteiger partial charge on any atom is -0.340 e. The largest absolute Gasteiger partial charge is 0.340 e. The van der Waals surface area contributed by atoms with Crippen molar-refractivity contribution in [3.63, 3.8) is 0 Å². The van der Waals surface area contributed by atoms with Gasteiger partial charge in [0.25, 0.3) is 5.91 Å². The fourth-order valence-corrected chi connectivity index (χ4v) is 1.47. The number of benzene rings is 1. The highest BCUT2D eigenvalue weighted by Gasteiger charge is 2.29. The highest BCUT2D eigenvalue weighted by molar-refractivity contribution is 6.06. The molecule has 1 unspecified atom stereocenters. The molecule has 15 heavy (non-hydrogen) atoms. The van der Waals surface area contributed by atoms with Crippen molar-refractivity contribution in [2.45, 2.75) is 6.04 Å². The summed E-state index contributed by atoms with van der Waals surface area (Å²) in [7, 11) is 1.57. The van der Waals surface area contributed by atoms with Crippen LogP contribution in [-0.4, -0.2) is 18.9 Å². The highest BCUT2D eigenvalue weighted by atomic mass is 19.1. The summed E-state index contributed by atoms with van der Waals surface area (Å²) in [6, 6.07) is 5.38. The maximum Gasteiger partial charge on any atom is 0.253 e. The summed E-state index contributed by atoms with van der Waals surface area (Å²) in [5, 5.41) is 5.41. The normalized spacial score (nSPS) is 22.7. The monoisotopic (exact) mass is 207 g/mol. The summed E-state index contributed by atoms with van der Waals surface area (Å²) < 4.78 is 12.9. The summed E-state index contributed by atoms with van der Waals surface area (Å²) in [5.41, 5.74) is 0.589. The van der Waals surface area contributed by atoms with Gasteiger partial charge in [0.1, 0.15) is 11.9 Å². The number of amides is 1. The second kappa shape index (κ2) is 3.68. The second-order valence-electron chi connectivity index (χ2n) is 3.19. The summed E-state index contributed by atoms with van der Waals surface area (Å²) in [6.07, 6.45) is 0. The number of hydrogen-bond donors (Lipinski definition) is 2. The van der Waals surface area contributed by atoms with Crippen LogP contribution in [-0.2, 0) is 4.79 Å². The van der Waals surface area contributed by atoms with Crippen LogP contribution in [0.15, 0.2) is 29.3 Å². The van der Waals surface area contributed by atoms with Gasteiger partial charge in [-0.3, -0.25) is 15.1 Å². The summed E-state index contributed by atoms with van der Waals surface area (Å²) in [4.78, 5) is 15.3. The summed E-state index contributed by atoms with van der Waals surface area (Å²) in [6.45, 7) is 0. The van der Waals surface area contributed by atoms with E-state index in [0.717, 1.165) is 0 Å². The highest BCUT2D eigenvalue weighted by Crippen LogP contribution is 2.17. The smallest absolute Gasteiger partial charge is 0.253 e. The number of rotatable bonds is 1. The van der Waals surface area contributed by atoms with E-state index in [9.17, 15) is 9.18 Å². The Morgan fingerprint density at radius 2 is 2.27 bits per heavy atom. The lowest BCUT2D eigenvalue weighted by molar-refractivity contribution is -0.120. The van der Waals surface area contributed by atoms with Gasteiger partial charge in [0, 0.05) is 7.05 Å². The van der Waals surface area contributed by atoms with Gasteiger partial charge in [-0.2, -0.15) is 0 Å². The van der Waals surface area contributed by atoms with Gasteiger partial charge in [-0.25, -0.2) is 4.39 Å². The van der Waals surface area contributed by atoms with Crippen molar-refractivity contribution in [2.75, 3.05) is 7.05 Å². The molecule has 2 rings (SSSR count). The van der Waals surface area contributed by atoms with Crippen LogP contribution in [0.3, 0.4) is 0 Å². The molecule has 1 aliphatic rings. The maximum atomic E-state index is 12.9. The van der Waals surface area contributed by atoms with Crippen LogP contribution >= 0.6 is 0 Å². The Bertz CT molecular complexity index is 430. The van der Waals surface area contributed by atoms with Gasteiger partial charge in [-0.1, -0.05) is 12.1 Å². The number of hydrogen-bond acceptors (Lipinski definition) is 2. The first kappa shape index (κ1) is 9.64. The van der Waals surface area contributed by atoms with Crippen molar-refractivity contribution in [3.05, 3.63) is 35.6 Å². The molecule has 1 amide bonds. The minimum absolute atomic E-state index is 0.221. The van der Waals surface area contributed by atoms with E-state index < -0.39 is 6.04 Å². The molecule has 1 aromatic rings. The van der Waals surface area contributed by atoms with Crippen LogP contribution in [0.4, 0.5) is 4.39 Å². The van der Waals surface area contributed by atoms with Crippen molar-refractivity contribution in [1.82, 2.24) is 10.6 Å². The molecular weight excluding hydrogens is 197 g/mol. The van der Waals surface area contributed by atoms with E-state index in [-0.39, 0.29) is 11.7 Å². The standard InChI is InChI=1S/C10H10FN3O/c1-12-10-13-8(9(15)14-10)6-3-2-4-7(11)5-6/h2-5,8H,1H3,(H2,12,13,14,15). The van der Waals surface area contributed by atoms with Gasteiger partial charge in [0.2, 0.25) is 0 Å². The molecule has 0 radical (unpaired) electrons. The quantitative estimate of drug-likeness (QED) is 0.707. The van der Waals surface area contributed by atoms with Crippen molar-refractivity contribution < 1.29 is 9.18 Å². The number of nitrogens with one attached hydrogen (secondary N) is 2. The lowest BCUT2D eigenvalue weighted by atomic mass is 10.1. The first-order valence-corrected chi connectivity index (χ1v) is 4.50. The predicted octanol–water partition coefficient (Wildman–Crippen LogP) is 0.572. The molecule has 1 aromatic carbocycles. The number of halogens is 1.